The molecule has 2 fully saturated rings. The number of carbonyl (C=O) groups excluding carboxylic acids is 1. The normalized spacial score (nSPS) is 28.7. The first-order valence-electron chi connectivity index (χ1n) is 9.01. The number of piperidine rings is 1. The Hall–Kier alpha value is -1.39. The highest BCUT2D eigenvalue weighted by Gasteiger charge is 2.27. The summed E-state index contributed by atoms with van der Waals surface area (Å²) in [6, 6.07) is 11.9. The summed E-state index contributed by atoms with van der Waals surface area (Å²) in [4.78, 5) is 14.7. The Morgan fingerprint density at radius 1 is 1.30 bits per heavy atom. The van der Waals surface area contributed by atoms with Crippen molar-refractivity contribution < 1.29 is 4.79 Å². The summed E-state index contributed by atoms with van der Waals surface area (Å²) in [7, 11) is 0. The van der Waals surface area contributed by atoms with Gasteiger partial charge in [0.25, 0.3) is 0 Å². The van der Waals surface area contributed by atoms with Gasteiger partial charge in [-0.05, 0) is 44.7 Å². The van der Waals surface area contributed by atoms with Gasteiger partial charge in [-0.25, -0.2) is 0 Å². The first-order valence-corrected chi connectivity index (χ1v) is 9.01. The van der Waals surface area contributed by atoms with Gasteiger partial charge in [-0.1, -0.05) is 30.3 Å². The van der Waals surface area contributed by atoms with Gasteiger partial charge in [-0.2, -0.15) is 0 Å². The van der Waals surface area contributed by atoms with Crippen LogP contribution in [-0.4, -0.2) is 42.0 Å². The quantitative estimate of drug-likeness (QED) is 0.876. The van der Waals surface area contributed by atoms with Crippen LogP contribution in [0.5, 0.6) is 0 Å². The number of likely N-dealkylation sites (tertiary alicyclic amines) is 1. The topological polar surface area (TPSA) is 44.4 Å². The Kier molecular flexibility index (Phi) is 5.68. The maximum atomic E-state index is 12.2. The van der Waals surface area contributed by atoms with Crippen molar-refractivity contribution in [1.29, 1.82) is 0 Å². The van der Waals surface area contributed by atoms with E-state index in [2.05, 4.69) is 52.8 Å². The van der Waals surface area contributed by atoms with Crippen LogP contribution >= 0.6 is 0 Å². The van der Waals surface area contributed by atoms with Gasteiger partial charge >= 0.3 is 0 Å². The van der Waals surface area contributed by atoms with Crippen LogP contribution in [0.2, 0.25) is 0 Å². The summed E-state index contributed by atoms with van der Waals surface area (Å²) in [6.07, 6.45) is 5.09. The molecule has 1 aromatic rings. The standard InChI is InChI=1S/C19H29N3O/c1-15-12-18(21-19(23)13-17-8-5-10-20-17)9-11-22(15)14-16-6-3-2-4-7-16/h2-4,6-7,15,17-18,20H,5,8-14H2,1H3,(H,21,23). The third-order valence-electron chi connectivity index (χ3n) is 5.20. The zero-order valence-corrected chi connectivity index (χ0v) is 14.1. The highest BCUT2D eigenvalue weighted by molar-refractivity contribution is 5.77. The minimum absolute atomic E-state index is 0.220. The van der Waals surface area contributed by atoms with E-state index in [1.165, 1.54) is 12.0 Å². The number of nitrogens with one attached hydrogen (secondary N) is 2. The second kappa shape index (κ2) is 7.93. The molecule has 1 aromatic carbocycles. The molecule has 0 saturated carbocycles. The minimum Gasteiger partial charge on any atom is -0.353 e. The van der Waals surface area contributed by atoms with E-state index in [1.54, 1.807) is 0 Å². The summed E-state index contributed by atoms with van der Waals surface area (Å²) in [5, 5.41) is 6.65. The third-order valence-corrected chi connectivity index (χ3v) is 5.20. The average Bonchev–Trinajstić information content (AvgIpc) is 3.04. The van der Waals surface area contributed by atoms with Gasteiger partial charge < -0.3 is 10.6 Å². The molecule has 4 nitrogen and oxygen atoms in total. The molecule has 2 aliphatic rings. The molecule has 0 aliphatic carbocycles. The van der Waals surface area contributed by atoms with E-state index in [0.717, 1.165) is 38.9 Å². The van der Waals surface area contributed by atoms with Gasteiger partial charge in [0.05, 0.1) is 0 Å². The highest BCUT2D eigenvalue weighted by Crippen LogP contribution is 2.20. The largest absolute Gasteiger partial charge is 0.353 e. The van der Waals surface area contributed by atoms with Gasteiger partial charge in [-0.3, -0.25) is 9.69 Å². The fourth-order valence-corrected chi connectivity index (χ4v) is 3.85. The zero-order chi connectivity index (χ0) is 16.1. The van der Waals surface area contributed by atoms with Crippen molar-refractivity contribution >= 4 is 5.91 Å². The van der Waals surface area contributed by atoms with Crippen LogP contribution in [0.1, 0.15) is 44.6 Å². The smallest absolute Gasteiger partial charge is 0.221 e. The second-order valence-electron chi connectivity index (χ2n) is 7.09. The van der Waals surface area contributed by atoms with E-state index in [1.807, 2.05) is 0 Å². The third kappa shape index (κ3) is 4.79. The average molecular weight is 315 g/mol. The molecule has 2 saturated heterocycles. The van der Waals surface area contributed by atoms with Crippen LogP contribution < -0.4 is 10.6 Å². The number of carbonyl (C=O) groups is 1. The molecule has 2 aliphatic heterocycles. The molecule has 1 amide bonds. The molecule has 4 heteroatoms. The van der Waals surface area contributed by atoms with E-state index >= 15 is 0 Å². The molecule has 3 atom stereocenters. The maximum absolute atomic E-state index is 12.2. The summed E-state index contributed by atoms with van der Waals surface area (Å²) in [5.41, 5.74) is 1.37. The van der Waals surface area contributed by atoms with Crippen LogP contribution in [-0.2, 0) is 11.3 Å². The van der Waals surface area contributed by atoms with Crippen molar-refractivity contribution in [2.45, 2.75) is 63.7 Å². The lowest BCUT2D eigenvalue weighted by Crippen LogP contribution is -2.49. The van der Waals surface area contributed by atoms with Crippen molar-refractivity contribution in [2.75, 3.05) is 13.1 Å². The molecule has 126 valence electrons. The predicted molar refractivity (Wildman–Crippen MR) is 93.1 cm³/mol. The number of hydrogen-bond acceptors (Lipinski definition) is 3. The maximum Gasteiger partial charge on any atom is 0.221 e. The predicted octanol–water partition coefficient (Wildman–Crippen LogP) is 2.30. The van der Waals surface area contributed by atoms with Crippen molar-refractivity contribution in [1.82, 2.24) is 15.5 Å². The van der Waals surface area contributed by atoms with E-state index in [4.69, 9.17) is 0 Å². The summed E-state index contributed by atoms with van der Waals surface area (Å²) >= 11 is 0. The van der Waals surface area contributed by atoms with Crippen molar-refractivity contribution in [3.8, 4) is 0 Å². The fraction of sp³-hybridized carbons (Fsp3) is 0.632. The molecule has 0 bridgehead atoms. The van der Waals surface area contributed by atoms with Crippen LogP contribution in [0, 0.1) is 0 Å². The van der Waals surface area contributed by atoms with Crippen LogP contribution in [0.3, 0.4) is 0 Å². The Bertz CT molecular complexity index is 499. The second-order valence-corrected chi connectivity index (χ2v) is 7.09. The molecule has 3 unspecified atom stereocenters. The van der Waals surface area contributed by atoms with E-state index in [-0.39, 0.29) is 5.91 Å². The van der Waals surface area contributed by atoms with Gasteiger partial charge in [-0.15, -0.1) is 0 Å². The zero-order valence-electron chi connectivity index (χ0n) is 14.1. The van der Waals surface area contributed by atoms with Gasteiger partial charge in [0.1, 0.15) is 0 Å². The molecule has 0 spiro atoms. The molecular formula is C19H29N3O. The lowest BCUT2D eigenvalue weighted by atomic mass is 9.97. The van der Waals surface area contributed by atoms with Crippen LogP contribution in [0.4, 0.5) is 0 Å². The van der Waals surface area contributed by atoms with E-state index in [9.17, 15) is 4.79 Å². The fourth-order valence-electron chi connectivity index (χ4n) is 3.85. The number of hydrogen-bond donors (Lipinski definition) is 2. The molecular weight excluding hydrogens is 286 g/mol. The molecule has 2 heterocycles. The molecule has 0 radical (unpaired) electrons. The van der Waals surface area contributed by atoms with E-state index < -0.39 is 0 Å². The summed E-state index contributed by atoms with van der Waals surface area (Å²) < 4.78 is 0. The highest BCUT2D eigenvalue weighted by atomic mass is 16.1. The Balaban J connectivity index is 1.43. The summed E-state index contributed by atoms with van der Waals surface area (Å²) in [5.74, 6) is 0.220. The van der Waals surface area contributed by atoms with E-state index in [0.29, 0.717) is 24.5 Å². The van der Waals surface area contributed by atoms with Gasteiger partial charge in [0.15, 0.2) is 0 Å². The Morgan fingerprint density at radius 3 is 2.83 bits per heavy atom. The monoisotopic (exact) mass is 315 g/mol. The Morgan fingerprint density at radius 2 is 2.13 bits per heavy atom. The number of nitrogens with zero attached hydrogens (tertiary/aromatic N) is 1. The molecule has 3 rings (SSSR count). The number of amides is 1. The lowest BCUT2D eigenvalue weighted by Gasteiger charge is -2.38. The SMILES string of the molecule is CC1CC(NC(=O)CC2CCCN2)CCN1Cc1ccccc1. The van der Waals surface area contributed by atoms with Crippen molar-refractivity contribution in [3.63, 3.8) is 0 Å². The minimum atomic E-state index is 0.220. The lowest BCUT2D eigenvalue weighted by molar-refractivity contribution is -0.122. The van der Waals surface area contributed by atoms with Crippen molar-refractivity contribution in [3.05, 3.63) is 35.9 Å². The van der Waals surface area contributed by atoms with Crippen LogP contribution in [0.25, 0.3) is 0 Å². The van der Waals surface area contributed by atoms with Crippen LogP contribution in [0.15, 0.2) is 30.3 Å². The molecule has 2 N–H and O–H groups in total. The van der Waals surface area contributed by atoms with Crippen molar-refractivity contribution in [2.24, 2.45) is 0 Å². The van der Waals surface area contributed by atoms with Gasteiger partial charge in [0.2, 0.25) is 5.91 Å². The Labute approximate surface area is 139 Å². The number of benzene rings is 1. The molecule has 23 heavy (non-hydrogen) atoms. The molecule has 0 aromatic heterocycles. The number of rotatable bonds is 5. The first-order chi connectivity index (χ1) is 11.2. The van der Waals surface area contributed by atoms with Gasteiger partial charge in [0, 0.05) is 37.6 Å². The summed E-state index contributed by atoms with van der Waals surface area (Å²) in [6.45, 7) is 5.41. The first kappa shape index (κ1) is 16.5.